The molecule has 0 fully saturated rings. The summed E-state index contributed by atoms with van der Waals surface area (Å²) in [7, 11) is 0. The quantitative estimate of drug-likeness (QED) is 0.735. The molecule has 3 aromatic rings. The molecule has 4 nitrogen and oxygen atoms in total. The van der Waals surface area contributed by atoms with Crippen LogP contribution in [0, 0.1) is 11.3 Å². The molecule has 0 aromatic heterocycles. The van der Waals surface area contributed by atoms with E-state index in [9.17, 15) is 4.79 Å². The minimum absolute atomic E-state index is 0.115. The molecule has 2 N–H and O–H groups in total. The fraction of sp³-hybridized carbons (Fsp3) is 0.0476. The minimum Gasteiger partial charge on any atom is -0.376 e. The van der Waals surface area contributed by atoms with Crippen molar-refractivity contribution in [2.75, 3.05) is 17.2 Å². The first-order chi connectivity index (χ1) is 12.3. The summed E-state index contributed by atoms with van der Waals surface area (Å²) in [6.07, 6.45) is 0. The molecule has 122 valence electrons. The van der Waals surface area contributed by atoms with Crippen molar-refractivity contribution in [3.63, 3.8) is 0 Å². The van der Waals surface area contributed by atoms with Gasteiger partial charge in [0.1, 0.15) is 6.07 Å². The van der Waals surface area contributed by atoms with E-state index in [1.165, 1.54) is 0 Å². The van der Waals surface area contributed by atoms with Crippen LogP contribution < -0.4 is 10.6 Å². The molecule has 25 heavy (non-hydrogen) atoms. The summed E-state index contributed by atoms with van der Waals surface area (Å²) in [5.74, 6) is -0.203. The first kappa shape index (κ1) is 16.3. The van der Waals surface area contributed by atoms with Gasteiger partial charge >= 0.3 is 0 Å². The number of nitrogens with zero attached hydrogens (tertiary/aromatic N) is 1. The fourth-order valence-electron chi connectivity index (χ4n) is 2.57. The molecule has 3 aromatic carbocycles. The maximum absolute atomic E-state index is 12.2. The van der Waals surface area contributed by atoms with Crippen molar-refractivity contribution in [1.29, 1.82) is 5.26 Å². The van der Waals surface area contributed by atoms with Crippen molar-refractivity contribution < 1.29 is 4.79 Å². The number of nitrogens with one attached hydrogen (secondary N) is 2. The predicted molar refractivity (Wildman–Crippen MR) is 100 cm³/mol. The molecule has 0 saturated heterocycles. The molecule has 0 aliphatic rings. The highest BCUT2D eigenvalue weighted by atomic mass is 16.1. The molecule has 0 heterocycles. The zero-order chi connectivity index (χ0) is 17.5. The van der Waals surface area contributed by atoms with Gasteiger partial charge in [-0.15, -0.1) is 0 Å². The first-order valence-corrected chi connectivity index (χ1v) is 7.95. The Morgan fingerprint density at radius 3 is 2.24 bits per heavy atom. The highest BCUT2D eigenvalue weighted by Gasteiger charge is 2.08. The van der Waals surface area contributed by atoms with E-state index in [0.717, 1.165) is 16.8 Å². The molecule has 1 amide bonds. The monoisotopic (exact) mass is 327 g/mol. The van der Waals surface area contributed by atoms with E-state index in [-0.39, 0.29) is 12.5 Å². The van der Waals surface area contributed by atoms with Crippen molar-refractivity contribution in [3.05, 3.63) is 84.4 Å². The summed E-state index contributed by atoms with van der Waals surface area (Å²) < 4.78 is 0. The van der Waals surface area contributed by atoms with Crippen LogP contribution in [0.1, 0.15) is 5.56 Å². The van der Waals surface area contributed by atoms with Gasteiger partial charge in [-0.1, -0.05) is 60.7 Å². The molecule has 0 saturated carbocycles. The average Bonchev–Trinajstić information content (AvgIpc) is 2.68. The summed E-state index contributed by atoms with van der Waals surface area (Å²) in [5, 5.41) is 15.0. The van der Waals surface area contributed by atoms with Crippen LogP contribution in [0.2, 0.25) is 0 Å². The van der Waals surface area contributed by atoms with E-state index >= 15 is 0 Å². The lowest BCUT2D eigenvalue weighted by molar-refractivity contribution is -0.114. The highest BCUT2D eigenvalue weighted by Crippen LogP contribution is 2.27. The van der Waals surface area contributed by atoms with Crippen molar-refractivity contribution in [2.45, 2.75) is 0 Å². The Kier molecular flexibility index (Phi) is 5.08. The van der Waals surface area contributed by atoms with Gasteiger partial charge in [-0.25, -0.2) is 0 Å². The van der Waals surface area contributed by atoms with Crippen LogP contribution in [0.15, 0.2) is 78.9 Å². The number of amides is 1. The zero-order valence-corrected chi connectivity index (χ0v) is 13.6. The first-order valence-electron chi connectivity index (χ1n) is 7.95. The van der Waals surface area contributed by atoms with Gasteiger partial charge in [-0.05, 0) is 23.8 Å². The lowest BCUT2D eigenvalue weighted by atomic mass is 10.0. The van der Waals surface area contributed by atoms with Gasteiger partial charge in [0.15, 0.2) is 0 Å². The van der Waals surface area contributed by atoms with Crippen LogP contribution in [0.25, 0.3) is 11.1 Å². The number of nitriles is 1. The van der Waals surface area contributed by atoms with Crippen LogP contribution in [0.3, 0.4) is 0 Å². The SMILES string of the molecule is N#Cc1ccccc1NC(=O)CNc1ccccc1-c1ccccc1. The number of rotatable bonds is 5. The van der Waals surface area contributed by atoms with Crippen LogP contribution in [0.4, 0.5) is 11.4 Å². The molecular formula is C21H17N3O. The second kappa shape index (κ2) is 7.80. The van der Waals surface area contributed by atoms with E-state index < -0.39 is 0 Å². The van der Waals surface area contributed by atoms with Gasteiger partial charge in [0.05, 0.1) is 17.8 Å². The Morgan fingerprint density at radius 2 is 1.48 bits per heavy atom. The molecule has 0 aliphatic heterocycles. The standard InChI is InChI=1S/C21H17N3O/c22-14-17-10-4-6-12-19(17)24-21(25)15-23-20-13-7-5-11-18(20)16-8-2-1-3-9-16/h1-13,23H,15H2,(H,24,25). The van der Waals surface area contributed by atoms with Crippen LogP contribution in [-0.4, -0.2) is 12.5 Å². The Balaban J connectivity index is 1.70. The Labute approximate surface area is 146 Å². The number of anilines is 2. The van der Waals surface area contributed by atoms with Gasteiger partial charge in [0.25, 0.3) is 0 Å². The Morgan fingerprint density at radius 1 is 0.840 bits per heavy atom. The van der Waals surface area contributed by atoms with Gasteiger partial charge in [-0.2, -0.15) is 5.26 Å². The van der Waals surface area contributed by atoms with Gasteiger partial charge in [0, 0.05) is 11.3 Å². The van der Waals surface area contributed by atoms with E-state index in [4.69, 9.17) is 5.26 Å². The summed E-state index contributed by atoms with van der Waals surface area (Å²) in [6.45, 7) is 0.115. The molecule has 4 heteroatoms. The van der Waals surface area contributed by atoms with Crippen molar-refractivity contribution in [1.82, 2.24) is 0 Å². The fourth-order valence-corrected chi connectivity index (χ4v) is 2.57. The number of carbonyl (C=O) groups is 1. The third-order valence-electron chi connectivity index (χ3n) is 3.77. The Hall–Kier alpha value is -3.58. The highest BCUT2D eigenvalue weighted by molar-refractivity contribution is 5.95. The van der Waals surface area contributed by atoms with Crippen LogP contribution in [0.5, 0.6) is 0 Å². The summed E-state index contributed by atoms with van der Waals surface area (Å²) in [6, 6.07) is 26.9. The van der Waals surface area contributed by atoms with E-state index in [0.29, 0.717) is 11.3 Å². The van der Waals surface area contributed by atoms with Crippen molar-refractivity contribution in [3.8, 4) is 17.2 Å². The van der Waals surface area contributed by atoms with E-state index in [1.54, 1.807) is 24.3 Å². The molecule has 0 bridgehead atoms. The second-order valence-electron chi connectivity index (χ2n) is 5.47. The third-order valence-corrected chi connectivity index (χ3v) is 3.77. The number of hydrogen-bond acceptors (Lipinski definition) is 3. The number of para-hydroxylation sites is 2. The van der Waals surface area contributed by atoms with Gasteiger partial charge < -0.3 is 10.6 Å². The smallest absolute Gasteiger partial charge is 0.243 e. The minimum atomic E-state index is -0.203. The molecule has 0 spiro atoms. The molecule has 0 aliphatic carbocycles. The average molecular weight is 327 g/mol. The molecule has 3 rings (SSSR count). The van der Waals surface area contributed by atoms with Crippen molar-refractivity contribution in [2.24, 2.45) is 0 Å². The number of hydrogen-bond donors (Lipinski definition) is 2. The largest absolute Gasteiger partial charge is 0.376 e. The van der Waals surface area contributed by atoms with E-state index in [2.05, 4.69) is 16.7 Å². The lowest BCUT2D eigenvalue weighted by Crippen LogP contribution is -2.22. The number of carbonyl (C=O) groups excluding carboxylic acids is 1. The normalized spacial score (nSPS) is 9.88. The van der Waals surface area contributed by atoms with E-state index in [1.807, 2.05) is 54.6 Å². The lowest BCUT2D eigenvalue weighted by Gasteiger charge is -2.13. The second-order valence-corrected chi connectivity index (χ2v) is 5.47. The Bertz CT molecular complexity index is 914. The van der Waals surface area contributed by atoms with Crippen molar-refractivity contribution >= 4 is 17.3 Å². The summed E-state index contributed by atoms with van der Waals surface area (Å²) in [5.41, 5.74) is 3.97. The summed E-state index contributed by atoms with van der Waals surface area (Å²) in [4.78, 5) is 12.2. The molecule has 0 radical (unpaired) electrons. The van der Waals surface area contributed by atoms with Gasteiger partial charge in [0.2, 0.25) is 5.91 Å². The summed E-state index contributed by atoms with van der Waals surface area (Å²) >= 11 is 0. The predicted octanol–water partition coefficient (Wildman–Crippen LogP) is 4.28. The maximum atomic E-state index is 12.2. The molecule has 0 unspecified atom stereocenters. The zero-order valence-electron chi connectivity index (χ0n) is 13.6. The third kappa shape index (κ3) is 4.04. The maximum Gasteiger partial charge on any atom is 0.243 e. The van der Waals surface area contributed by atoms with Gasteiger partial charge in [-0.3, -0.25) is 4.79 Å². The molecular weight excluding hydrogens is 310 g/mol. The topological polar surface area (TPSA) is 64.9 Å². The number of benzene rings is 3. The molecule has 0 atom stereocenters. The van der Waals surface area contributed by atoms with Crippen LogP contribution >= 0.6 is 0 Å². The van der Waals surface area contributed by atoms with Crippen LogP contribution in [-0.2, 0) is 4.79 Å².